The number of rotatable bonds is 3. The lowest BCUT2D eigenvalue weighted by Gasteiger charge is -2.35. The summed E-state index contributed by atoms with van der Waals surface area (Å²) in [6.45, 7) is 7.04. The second-order valence-corrected chi connectivity index (χ2v) is 11.5. The van der Waals surface area contributed by atoms with Crippen molar-refractivity contribution in [1.29, 1.82) is 0 Å². The normalized spacial score (nSPS) is 21.9. The van der Waals surface area contributed by atoms with Gasteiger partial charge >= 0.3 is 0 Å². The molecule has 2 aromatic rings. The van der Waals surface area contributed by atoms with E-state index in [4.69, 9.17) is 11.6 Å². The Labute approximate surface area is 207 Å². The van der Waals surface area contributed by atoms with Gasteiger partial charge in [0.2, 0.25) is 5.91 Å². The monoisotopic (exact) mass is 535 g/mol. The Balaban J connectivity index is 2.11. The molecule has 2 N–H and O–H groups in total. The number of halogens is 3. The highest BCUT2D eigenvalue weighted by Crippen LogP contribution is 2.54. The van der Waals surface area contributed by atoms with Crippen LogP contribution in [-0.4, -0.2) is 43.4 Å². The molecule has 176 valence electrons. The van der Waals surface area contributed by atoms with Gasteiger partial charge in [-0.1, -0.05) is 44.5 Å². The Morgan fingerprint density at radius 3 is 2.67 bits per heavy atom. The highest BCUT2D eigenvalue weighted by Gasteiger charge is 2.57. The molecule has 4 rings (SSSR count). The Bertz CT molecular complexity index is 1160. The van der Waals surface area contributed by atoms with E-state index in [1.165, 1.54) is 4.90 Å². The molecule has 0 radical (unpaired) electrons. The molecular weight excluding hydrogens is 509 g/mol. The number of nitrogens with zero attached hydrogens (tertiary/aromatic N) is 1. The molecule has 0 bridgehead atoms. The zero-order chi connectivity index (χ0) is 24.3. The summed E-state index contributed by atoms with van der Waals surface area (Å²) in [6, 6.07) is 6.42. The molecule has 0 saturated carbocycles. The Kier molecular flexibility index (Phi) is 6.13. The Hall–Kier alpha value is -1.96. The van der Waals surface area contributed by atoms with E-state index in [-0.39, 0.29) is 43.9 Å². The SMILES string of the molecule is CN(C)C(=O)c1c(Cl)cc2c(c1-c1cccc(Br)c1F)C1(CCNC1CC(C)(C)C)C(=O)N2. The van der Waals surface area contributed by atoms with Crippen LogP contribution >= 0.6 is 27.5 Å². The summed E-state index contributed by atoms with van der Waals surface area (Å²) >= 11 is 9.90. The van der Waals surface area contributed by atoms with Crippen LogP contribution in [0.2, 0.25) is 5.02 Å². The fourth-order valence-corrected chi connectivity index (χ4v) is 5.83. The maximum atomic E-state index is 15.5. The number of hydrogen-bond acceptors (Lipinski definition) is 3. The fraction of sp³-hybridized carbons (Fsp3) is 0.440. The van der Waals surface area contributed by atoms with E-state index >= 15 is 4.39 Å². The Morgan fingerprint density at radius 1 is 1.33 bits per heavy atom. The van der Waals surface area contributed by atoms with E-state index in [1.54, 1.807) is 38.4 Å². The van der Waals surface area contributed by atoms with Gasteiger partial charge in [0.15, 0.2) is 0 Å². The van der Waals surface area contributed by atoms with E-state index in [0.717, 1.165) is 6.42 Å². The predicted octanol–water partition coefficient (Wildman–Crippen LogP) is 5.60. The number of benzene rings is 2. The van der Waals surface area contributed by atoms with Crippen LogP contribution in [0.1, 0.15) is 49.5 Å². The number of anilines is 1. The summed E-state index contributed by atoms with van der Waals surface area (Å²) in [6.07, 6.45) is 1.28. The van der Waals surface area contributed by atoms with Crippen molar-refractivity contribution in [2.45, 2.75) is 45.1 Å². The molecule has 0 aliphatic carbocycles. The van der Waals surface area contributed by atoms with Crippen molar-refractivity contribution in [3.8, 4) is 11.1 Å². The van der Waals surface area contributed by atoms with Crippen LogP contribution in [0.5, 0.6) is 0 Å². The van der Waals surface area contributed by atoms with E-state index in [0.29, 0.717) is 29.8 Å². The maximum Gasteiger partial charge on any atom is 0.255 e. The zero-order valence-corrected chi connectivity index (χ0v) is 21.7. The number of amides is 2. The molecule has 2 heterocycles. The van der Waals surface area contributed by atoms with Crippen molar-refractivity contribution in [2.75, 3.05) is 26.0 Å². The lowest BCUT2D eigenvalue weighted by molar-refractivity contribution is -0.121. The van der Waals surface area contributed by atoms with Gasteiger partial charge in [-0.15, -0.1) is 0 Å². The summed E-state index contributed by atoms with van der Waals surface area (Å²) < 4.78 is 15.8. The van der Waals surface area contributed by atoms with Gasteiger partial charge in [-0.05, 0) is 52.9 Å². The maximum absolute atomic E-state index is 15.5. The molecule has 1 fully saturated rings. The van der Waals surface area contributed by atoms with Crippen molar-refractivity contribution < 1.29 is 14.0 Å². The van der Waals surface area contributed by atoms with Crippen LogP contribution < -0.4 is 10.6 Å². The largest absolute Gasteiger partial charge is 0.345 e. The minimum absolute atomic E-state index is 0.0477. The quantitative estimate of drug-likeness (QED) is 0.537. The fourth-order valence-electron chi connectivity index (χ4n) is 5.18. The molecule has 2 aromatic carbocycles. The van der Waals surface area contributed by atoms with Crippen molar-refractivity contribution in [3.05, 3.63) is 50.7 Å². The summed E-state index contributed by atoms with van der Waals surface area (Å²) in [5.74, 6) is -0.980. The van der Waals surface area contributed by atoms with Crippen molar-refractivity contribution in [3.63, 3.8) is 0 Å². The van der Waals surface area contributed by atoms with Gasteiger partial charge in [0.05, 0.1) is 20.5 Å². The molecule has 2 aliphatic heterocycles. The third-order valence-corrected chi connectivity index (χ3v) is 7.45. The van der Waals surface area contributed by atoms with Crippen LogP contribution in [0.25, 0.3) is 11.1 Å². The van der Waals surface area contributed by atoms with Crippen molar-refractivity contribution >= 4 is 45.0 Å². The summed E-state index contributed by atoms with van der Waals surface area (Å²) in [4.78, 5) is 28.4. The molecule has 5 nitrogen and oxygen atoms in total. The molecule has 2 unspecified atom stereocenters. The molecule has 0 aromatic heterocycles. The van der Waals surface area contributed by atoms with E-state index < -0.39 is 11.2 Å². The second kappa shape index (κ2) is 8.36. The second-order valence-electron chi connectivity index (χ2n) is 10.3. The van der Waals surface area contributed by atoms with E-state index in [2.05, 4.69) is 47.3 Å². The first-order valence-corrected chi connectivity index (χ1v) is 12.1. The third-order valence-electron chi connectivity index (χ3n) is 6.54. The highest BCUT2D eigenvalue weighted by atomic mass is 79.9. The predicted molar refractivity (Wildman–Crippen MR) is 133 cm³/mol. The third kappa shape index (κ3) is 3.88. The molecule has 2 aliphatic rings. The smallest absolute Gasteiger partial charge is 0.255 e. The molecule has 8 heteroatoms. The standard InChI is InChI=1S/C25H28BrClFN3O2/c1-24(2,3)12-17-25(9-10-29-17)20-16(30-23(25)33)11-15(27)19(22(32)31(4)5)18(20)13-7-6-8-14(26)21(13)28/h6-8,11,17,29H,9-10,12H2,1-5H3,(H,30,33). The topological polar surface area (TPSA) is 61.4 Å². The average Bonchev–Trinajstić information content (AvgIpc) is 3.23. The Morgan fingerprint density at radius 2 is 2.03 bits per heavy atom. The van der Waals surface area contributed by atoms with Gasteiger partial charge in [-0.3, -0.25) is 9.59 Å². The molecule has 33 heavy (non-hydrogen) atoms. The first-order valence-electron chi connectivity index (χ1n) is 11.0. The first kappa shape index (κ1) is 24.2. The van der Waals surface area contributed by atoms with Crippen molar-refractivity contribution in [2.24, 2.45) is 5.41 Å². The lowest BCUT2D eigenvalue weighted by atomic mass is 9.68. The number of hydrogen-bond donors (Lipinski definition) is 2. The van der Waals surface area contributed by atoms with Gasteiger partial charge in [0.25, 0.3) is 5.91 Å². The van der Waals surface area contributed by atoms with Gasteiger partial charge in [0, 0.05) is 42.5 Å². The minimum atomic E-state index is -0.932. The number of carbonyl (C=O) groups excluding carboxylic acids is 2. The van der Waals surface area contributed by atoms with Crippen LogP contribution in [0.4, 0.5) is 10.1 Å². The van der Waals surface area contributed by atoms with Crippen LogP contribution in [-0.2, 0) is 10.2 Å². The molecular formula is C25H28BrClFN3O2. The van der Waals surface area contributed by atoms with Gasteiger partial charge < -0.3 is 15.5 Å². The van der Waals surface area contributed by atoms with Crippen LogP contribution in [0, 0.1) is 11.2 Å². The minimum Gasteiger partial charge on any atom is -0.345 e. The number of nitrogens with one attached hydrogen (secondary N) is 2. The number of fused-ring (bicyclic) bond motifs is 2. The van der Waals surface area contributed by atoms with Crippen LogP contribution in [0.3, 0.4) is 0 Å². The van der Waals surface area contributed by atoms with Crippen LogP contribution in [0.15, 0.2) is 28.7 Å². The van der Waals surface area contributed by atoms with E-state index in [9.17, 15) is 9.59 Å². The average molecular weight is 537 g/mol. The molecule has 2 atom stereocenters. The zero-order valence-electron chi connectivity index (χ0n) is 19.4. The lowest BCUT2D eigenvalue weighted by Crippen LogP contribution is -2.47. The molecule has 2 amide bonds. The summed E-state index contributed by atoms with van der Waals surface area (Å²) in [7, 11) is 3.26. The summed E-state index contributed by atoms with van der Waals surface area (Å²) in [5, 5.41) is 6.70. The first-order chi connectivity index (χ1) is 15.4. The molecule has 1 spiro atoms. The van der Waals surface area contributed by atoms with E-state index in [1.807, 2.05) is 0 Å². The van der Waals surface area contributed by atoms with Gasteiger partial charge in [-0.2, -0.15) is 0 Å². The number of carbonyl (C=O) groups is 2. The van der Waals surface area contributed by atoms with Gasteiger partial charge in [-0.25, -0.2) is 4.39 Å². The van der Waals surface area contributed by atoms with Crippen molar-refractivity contribution in [1.82, 2.24) is 10.2 Å². The highest BCUT2D eigenvalue weighted by molar-refractivity contribution is 9.10. The van der Waals surface area contributed by atoms with Gasteiger partial charge in [0.1, 0.15) is 5.82 Å². The summed E-state index contributed by atoms with van der Waals surface area (Å²) in [5.41, 5.74) is 1.04. The molecule has 1 saturated heterocycles.